The number of aromatic nitrogens is 1. The van der Waals surface area contributed by atoms with Crippen LogP contribution >= 0.6 is 11.3 Å². The van der Waals surface area contributed by atoms with Gasteiger partial charge in [0.15, 0.2) is 0 Å². The Hall–Kier alpha value is -3.25. The summed E-state index contributed by atoms with van der Waals surface area (Å²) in [6, 6.07) is 16.8. The number of hydrogen-bond donors (Lipinski definition) is 0. The lowest BCUT2D eigenvalue weighted by molar-refractivity contribution is 0.415. The lowest BCUT2D eigenvalue weighted by Gasteiger charge is -1.99. The summed E-state index contributed by atoms with van der Waals surface area (Å²) in [5.41, 5.74) is 2.10. The molecule has 2 heterocycles. The lowest BCUT2D eigenvalue weighted by Crippen LogP contribution is -2.02. The van der Waals surface area contributed by atoms with Crippen molar-refractivity contribution in [2.45, 2.75) is 0 Å². The Kier molecular flexibility index (Phi) is 4.33. The first-order chi connectivity index (χ1) is 12.7. The van der Waals surface area contributed by atoms with Crippen LogP contribution in [0.25, 0.3) is 22.2 Å². The second-order valence-electron chi connectivity index (χ2n) is 5.53. The molecule has 5 nitrogen and oxygen atoms in total. The van der Waals surface area contributed by atoms with Crippen molar-refractivity contribution >= 4 is 33.7 Å². The molecule has 0 N–H and O–H groups in total. The molecule has 0 radical (unpaired) electrons. The van der Waals surface area contributed by atoms with E-state index in [-0.39, 0.29) is 0 Å². The van der Waals surface area contributed by atoms with Gasteiger partial charge in [-0.25, -0.2) is 14.8 Å². The van der Waals surface area contributed by atoms with Gasteiger partial charge >= 0.3 is 5.63 Å². The summed E-state index contributed by atoms with van der Waals surface area (Å²) in [7, 11) is 1.63. The van der Waals surface area contributed by atoms with E-state index in [2.05, 4.69) is 9.98 Å². The summed E-state index contributed by atoms with van der Waals surface area (Å²) in [5, 5.41) is 3.24. The maximum absolute atomic E-state index is 12.2. The average Bonchev–Trinajstić information content (AvgIpc) is 3.15. The van der Waals surface area contributed by atoms with Crippen LogP contribution in [0, 0.1) is 0 Å². The monoisotopic (exact) mass is 362 g/mol. The molecule has 128 valence electrons. The first-order valence-corrected chi connectivity index (χ1v) is 8.78. The van der Waals surface area contributed by atoms with Crippen molar-refractivity contribution in [3.63, 3.8) is 0 Å². The van der Waals surface area contributed by atoms with E-state index >= 15 is 0 Å². The van der Waals surface area contributed by atoms with Crippen LogP contribution in [0.1, 0.15) is 5.56 Å². The highest BCUT2D eigenvalue weighted by atomic mass is 32.1. The molecule has 0 aliphatic heterocycles. The van der Waals surface area contributed by atoms with Crippen LogP contribution in [-0.2, 0) is 0 Å². The minimum atomic E-state index is -0.403. The van der Waals surface area contributed by atoms with Gasteiger partial charge in [-0.15, -0.1) is 11.3 Å². The molecule has 0 amide bonds. The number of rotatable bonds is 4. The predicted octanol–water partition coefficient (Wildman–Crippen LogP) is 4.68. The fourth-order valence-corrected chi connectivity index (χ4v) is 3.17. The molecule has 0 saturated carbocycles. The van der Waals surface area contributed by atoms with Crippen molar-refractivity contribution in [1.82, 2.24) is 4.98 Å². The molecule has 0 saturated heterocycles. The van der Waals surface area contributed by atoms with Gasteiger partial charge in [-0.3, -0.25) is 0 Å². The molecule has 0 bridgehead atoms. The molecule has 2 aromatic heterocycles. The fraction of sp³-hybridized carbons (Fsp3) is 0.0500. The van der Waals surface area contributed by atoms with Crippen molar-refractivity contribution in [2.75, 3.05) is 7.11 Å². The maximum Gasteiger partial charge on any atom is 0.345 e. The molecule has 6 heteroatoms. The Bertz CT molecular complexity index is 1140. The van der Waals surface area contributed by atoms with E-state index < -0.39 is 5.63 Å². The Morgan fingerprint density at radius 1 is 1.15 bits per heavy atom. The van der Waals surface area contributed by atoms with E-state index in [1.807, 2.05) is 47.8 Å². The summed E-state index contributed by atoms with van der Waals surface area (Å²) in [5.74, 6) is 0.793. The minimum absolute atomic E-state index is 0.403. The molecule has 0 spiro atoms. The zero-order chi connectivity index (χ0) is 17.9. The van der Waals surface area contributed by atoms with Crippen molar-refractivity contribution in [1.29, 1.82) is 0 Å². The predicted molar refractivity (Wildman–Crippen MR) is 104 cm³/mol. The number of para-hydroxylation sites is 1. The summed E-state index contributed by atoms with van der Waals surface area (Å²) in [6.45, 7) is 0. The lowest BCUT2D eigenvalue weighted by atomic mass is 10.1. The van der Waals surface area contributed by atoms with Gasteiger partial charge in [0.25, 0.3) is 0 Å². The average molecular weight is 362 g/mol. The molecule has 0 aliphatic carbocycles. The molecule has 4 aromatic rings. The Balaban J connectivity index is 1.62. The Labute approximate surface area is 153 Å². The van der Waals surface area contributed by atoms with Crippen LogP contribution in [0.4, 0.5) is 5.13 Å². The highest BCUT2D eigenvalue weighted by molar-refractivity contribution is 7.13. The Morgan fingerprint density at radius 2 is 1.96 bits per heavy atom. The van der Waals surface area contributed by atoms with E-state index in [4.69, 9.17) is 9.15 Å². The standard InChI is InChI=1S/C20H14N2O3S/c1-24-15-8-6-13(7-9-15)11-21-20-22-17(12-26-20)16-10-14-4-2-3-5-18(14)25-19(16)23/h2-12H,1H3. The van der Waals surface area contributed by atoms with Crippen molar-refractivity contribution < 1.29 is 9.15 Å². The Morgan fingerprint density at radius 3 is 2.77 bits per heavy atom. The highest BCUT2D eigenvalue weighted by Crippen LogP contribution is 2.26. The van der Waals surface area contributed by atoms with E-state index in [1.54, 1.807) is 25.5 Å². The van der Waals surface area contributed by atoms with Crippen LogP contribution in [0.15, 0.2) is 74.2 Å². The molecule has 2 aromatic carbocycles. The summed E-state index contributed by atoms with van der Waals surface area (Å²) < 4.78 is 10.5. The largest absolute Gasteiger partial charge is 0.497 e. The number of ether oxygens (including phenoxy) is 1. The second-order valence-corrected chi connectivity index (χ2v) is 6.37. The molecular weight excluding hydrogens is 348 g/mol. The van der Waals surface area contributed by atoms with Gasteiger partial charge in [-0.05, 0) is 42.0 Å². The molecule has 0 atom stereocenters. The van der Waals surface area contributed by atoms with Gasteiger partial charge in [0.1, 0.15) is 11.3 Å². The number of aliphatic imine (C=N–C) groups is 1. The molecule has 0 aliphatic rings. The smallest absolute Gasteiger partial charge is 0.345 e. The van der Waals surface area contributed by atoms with Crippen LogP contribution < -0.4 is 10.4 Å². The third kappa shape index (κ3) is 3.27. The van der Waals surface area contributed by atoms with Gasteiger partial charge in [0.05, 0.1) is 18.4 Å². The minimum Gasteiger partial charge on any atom is -0.497 e. The van der Waals surface area contributed by atoms with Crippen molar-refractivity contribution in [3.8, 4) is 17.0 Å². The molecule has 26 heavy (non-hydrogen) atoms. The van der Waals surface area contributed by atoms with Gasteiger partial charge in [-0.1, -0.05) is 18.2 Å². The third-order valence-electron chi connectivity index (χ3n) is 3.85. The number of nitrogens with zero attached hydrogens (tertiary/aromatic N) is 2. The van der Waals surface area contributed by atoms with E-state index in [1.165, 1.54) is 11.3 Å². The maximum atomic E-state index is 12.2. The molecule has 0 unspecified atom stereocenters. The zero-order valence-corrected chi connectivity index (χ0v) is 14.7. The normalized spacial score (nSPS) is 11.3. The number of methoxy groups -OCH3 is 1. The first-order valence-electron chi connectivity index (χ1n) is 7.90. The molecular formula is C20H14N2O3S. The van der Waals surface area contributed by atoms with Crippen LogP contribution in [-0.4, -0.2) is 18.3 Å². The fourth-order valence-electron chi connectivity index (χ4n) is 2.51. The van der Waals surface area contributed by atoms with E-state index in [0.29, 0.717) is 22.0 Å². The van der Waals surface area contributed by atoms with E-state index in [9.17, 15) is 4.79 Å². The van der Waals surface area contributed by atoms with Crippen molar-refractivity contribution in [2.24, 2.45) is 4.99 Å². The highest BCUT2D eigenvalue weighted by Gasteiger charge is 2.11. The summed E-state index contributed by atoms with van der Waals surface area (Å²) in [6.07, 6.45) is 1.73. The van der Waals surface area contributed by atoms with Crippen LogP contribution in [0.2, 0.25) is 0 Å². The topological polar surface area (TPSA) is 64.7 Å². The third-order valence-corrected chi connectivity index (χ3v) is 4.60. The van der Waals surface area contributed by atoms with Gasteiger partial charge in [-0.2, -0.15) is 0 Å². The second kappa shape index (κ2) is 6.93. The van der Waals surface area contributed by atoms with Gasteiger partial charge < -0.3 is 9.15 Å². The molecule has 4 rings (SSSR count). The quantitative estimate of drug-likeness (QED) is 0.391. The first kappa shape index (κ1) is 16.2. The molecule has 0 fully saturated rings. The summed E-state index contributed by atoms with van der Waals surface area (Å²) >= 11 is 1.37. The number of thiazole rings is 1. The van der Waals surface area contributed by atoms with Crippen LogP contribution in [0.3, 0.4) is 0 Å². The summed E-state index contributed by atoms with van der Waals surface area (Å²) in [4.78, 5) is 21.0. The van der Waals surface area contributed by atoms with Crippen LogP contribution in [0.5, 0.6) is 5.75 Å². The van der Waals surface area contributed by atoms with Gasteiger partial charge in [0, 0.05) is 17.0 Å². The SMILES string of the molecule is COc1ccc(C=Nc2nc(-c3cc4ccccc4oc3=O)cs2)cc1. The number of benzene rings is 2. The number of fused-ring (bicyclic) bond motifs is 1. The van der Waals surface area contributed by atoms with Crippen molar-refractivity contribution in [3.05, 3.63) is 76.0 Å². The van der Waals surface area contributed by atoms with E-state index in [0.717, 1.165) is 16.7 Å². The zero-order valence-electron chi connectivity index (χ0n) is 13.9. The number of hydrogen-bond acceptors (Lipinski definition) is 6. The van der Waals surface area contributed by atoms with Gasteiger partial charge in [0.2, 0.25) is 5.13 Å².